The predicted octanol–water partition coefficient (Wildman–Crippen LogP) is 3.22. The highest BCUT2D eigenvalue weighted by Gasteiger charge is 2.11. The molecule has 130 valence electrons. The maximum absolute atomic E-state index is 13.3. The molecular weight excluding hydrogens is 323 g/mol. The Bertz CT molecular complexity index is 680. The molecule has 24 heavy (non-hydrogen) atoms. The standard InChI is InChI=1S/C17H18F3NO3/c1-23-16-7-12(3-5-15(16)24-17(19)20)9-21-8-11-2-4-14(18)13(6-11)10-22/h2-7,17,21-22H,8-10H2,1H3. The van der Waals surface area contributed by atoms with Gasteiger partial charge in [0.25, 0.3) is 0 Å². The van der Waals surface area contributed by atoms with E-state index < -0.39 is 12.4 Å². The van der Waals surface area contributed by atoms with E-state index in [4.69, 9.17) is 9.84 Å². The van der Waals surface area contributed by atoms with Gasteiger partial charge in [0.05, 0.1) is 13.7 Å². The van der Waals surface area contributed by atoms with Crippen molar-refractivity contribution in [3.8, 4) is 11.5 Å². The van der Waals surface area contributed by atoms with Gasteiger partial charge < -0.3 is 19.9 Å². The molecule has 0 bridgehead atoms. The Morgan fingerprint density at radius 3 is 2.33 bits per heavy atom. The van der Waals surface area contributed by atoms with E-state index in [9.17, 15) is 13.2 Å². The molecule has 0 spiro atoms. The van der Waals surface area contributed by atoms with E-state index in [2.05, 4.69) is 10.1 Å². The van der Waals surface area contributed by atoms with Crippen molar-refractivity contribution in [1.82, 2.24) is 5.32 Å². The van der Waals surface area contributed by atoms with Crippen LogP contribution in [-0.2, 0) is 19.7 Å². The van der Waals surface area contributed by atoms with Crippen LogP contribution in [0.5, 0.6) is 11.5 Å². The first-order valence-corrected chi connectivity index (χ1v) is 7.24. The van der Waals surface area contributed by atoms with Crippen molar-refractivity contribution in [3.63, 3.8) is 0 Å². The number of ether oxygens (including phenoxy) is 2. The molecule has 0 aliphatic heterocycles. The van der Waals surface area contributed by atoms with Gasteiger partial charge in [-0.2, -0.15) is 8.78 Å². The van der Waals surface area contributed by atoms with Crippen molar-refractivity contribution in [1.29, 1.82) is 0 Å². The Labute approximate surface area is 137 Å². The molecule has 0 fully saturated rings. The molecule has 2 aromatic carbocycles. The molecule has 0 atom stereocenters. The highest BCUT2D eigenvalue weighted by Crippen LogP contribution is 2.29. The fourth-order valence-electron chi connectivity index (χ4n) is 2.23. The molecule has 2 N–H and O–H groups in total. The molecule has 0 unspecified atom stereocenters. The average molecular weight is 341 g/mol. The number of aliphatic hydroxyl groups is 1. The molecule has 4 nitrogen and oxygen atoms in total. The molecule has 0 aliphatic rings. The van der Waals surface area contributed by atoms with E-state index in [0.717, 1.165) is 11.1 Å². The fraction of sp³-hybridized carbons (Fsp3) is 0.294. The lowest BCUT2D eigenvalue weighted by Gasteiger charge is -2.12. The molecule has 2 aromatic rings. The largest absolute Gasteiger partial charge is 0.493 e. The van der Waals surface area contributed by atoms with Crippen molar-refractivity contribution in [2.24, 2.45) is 0 Å². The first-order chi connectivity index (χ1) is 11.5. The van der Waals surface area contributed by atoms with Gasteiger partial charge in [0.1, 0.15) is 5.82 Å². The number of methoxy groups -OCH3 is 1. The van der Waals surface area contributed by atoms with Crippen LogP contribution in [0.25, 0.3) is 0 Å². The van der Waals surface area contributed by atoms with Crippen LogP contribution in [0.15, 0.2) is 36.4 Å². The predicted molar refractivity (Wildman–Crippen MR) is 82.5 cm³/mol. The second kappa shape index (κ2) is 8.56. The molecule has 0 saturated heterocycles. The maximum Gasteiger partial charge on any atom is 0.387 e. The van der Waals surface area contributed by atoms with Crippen LogP contribution >= 0.6 is 0 Å². The van der Waals surface area contributed by atoms with E-state index in [1.165, 1.54) is 19.2 Å². The van der Waals surface area contributed by atoms with Gasteiger partial charge in [0, 0.05) is 18.7 Å². The average Bonchev–Trinajstić information content (AvgIpc) is 2.57. The Morgan fingerprint density at radius 2 is 1.71 bits per heavy atom. The van der Waals surface area contributed by atoms with E-state index >= 15 is 0 Å². The molecule has 0 saturated carbocycles. The van der Waals surface area contributed by atoms with E-state index in [1.54, 1.807) is 24.3 Å². The van der Waals surface area contributed by atoms with E-state index in [1.807, 2.05) is 0 Å². The SMILES string of the molecule is COc1cc(CNCc2ccc(F)c(CO)c2)ccc1OC(F)F. The van der Waals surface area contributed by atoms with Gasteiger partial charge in [-0.1, -0.05) is 12.1 Å². The summed E-state index contributed by atoms with van der Waals surface area (Å²) in [5, 5.41) is 12.2. The summed E-state index contributed by atoms with van der Waals surface area (Å²) >= 11 is 0. The summed E-state index contributed by atoms with van der Waals surface area (Å²) in [6, 6.07) is 9.20. The molecule has 0 aromatic heterocycles. The van der Waals surface area contributed by atoms with Crippen LogP contribution in [0, 0.1) is 5.82 Å². The monoisotopic (exact) mass is 341 g/mol. The van der Waals surface area contributed by atoms with Crippen LogP contribution in [0.3, 0.4) is 0 Å². The van der Waals surface area contributed by atoms with Crippen molar-refractivity contribution < 1.29 is 27.8 Å². The Kier molecular flexibility index (Phi) is 6.45. The third-order valence-electron chi connectivity index (χ3n) is 3.38. The second-order valence-corrected chi connectivity index (χ2v) is 5.05. The molecule has 0 heterocycles. The van der Waals surface area contributed by atoms with Gasteiger partial charge in [0.15, 0.2) is 11.5 Å². The molecular formula is C17H18F3NO3. The van der Waals surface area contributed by atoms with Crippen LogP contribution in [0.2, 0.25) is 0 Å². The highest BCUT2D eigenvalue weighted by molar-refractivity contribution is 5.43. The zero-order valence-electron chi connectivity index (χ0n) is 13.1. The van der Waals surface area contributed by atoms with Gasteiger partial charge in [0.2, 0.25) is 0 Å². The van der Waals surface area contributed by atoms with Gasteiger partial charge in [-0.15, -0.1) is 0 Å². The number of nitrogens with one attached hydrogen (secondary N) is 1. The summed E-state index contributed by atoms with van der Waals surface area (Å²) in [5.74, 6) is -0.248. The summed E-state index contributed by atoms with van der Waals surface area (Å²) in [7, 11) is 1.37. The summed E-state index contributed by atoms with van der Waals surface area (Å²) in [4.78, 5) is 0. The van der Waals surface area contributed by atoms with Crippen molar-refractivity contribution in [3.05, 3.63) is 58.9 Å². The third-order valence-corrected chi connectivity index (χ3v) is 3.38. The minimum Gasteiger partial charge on any atom is -0.493 e. The first kappa shape index (κ1) is 18.1. The zero-order chi connectivity index (χ0) is 17.5. The van der Waals surface area contributed by atoms with E-state index in [0.29, 0.717) is 13.1 Å². The number of hydrogen-bond acceptors (Lipinski definition) is 4. The molecule has 0 amide bonds. The number of hydrogen-bond donors (Lipinski definition) is 2. The van der Waals surface area contributed by atoms with Crippen LogP contribution < -0.4 is 14.8 Å². The van der Waals surface area contributed by atoms with Crippen LogP contribution in [-0.4, -0.2) is 18.8 Å². The van der Waals surface area contributed by atoms with Crippen molar-refractivity contribution in [2.45, 2.75) is 26.3 Å². The molecule has 0 radical (unpaired) electrons. The molecule has 7 heteroatoms. The van der Waals surface area contributed by atoms with Crippen molar-refractivity contribution in [2.75, 3.05) is 7.11 Å². The van der Waals surface area contributed by atoms with Crippen LogP contribution in [0.4, 0.5) is 13.2 Å². The van der Waals surface area contributed by atoms with E-state index in [-0.39, 0.29) is 23.7 Å². The van der Waals surface area contributed by atoms with Crippen molar-refractivity contribution >= 4 is 0 Å². The topological polar surface area (TPSA) is 50.7 Å². The first-order valence-electron chi connectivity index (χ1n) is 7.24. The summed E-state index contributed by atoms with van der Waals surface area (Å²) in [5.41, 5.74) is 1.88. The summed E-state index contributed by atoms with van der Waals surface area (Å²) in [6.07, 6.45) is 0. The number of alkyl halides is 2. The van der Waals surface area contributed by atoms with Gasteiger partial charge in [-0.3, -0.25) is 0 Å². The lowest BCUT2D eigenvalue weighted by atomic mass is 10.1. The number of halogens is 3. The molecule has 2 rings (SSSR count). The minimum absolute atomic E-state index is 0.0256. The lowest BCUT2D eigenvalue weighted by Crippen LogP contribution is -2.13. The second-order valence-electron chi connectivity index (χ2n) is 5.05. The Morgan fingerprint density at radius 1 is 1.04 bits per heavy atom. The number of rotatable bonds is 8. The fourth-order valence-corrected chi connectivity index (χ4v) is 2.23. The van der Waals surface area contributed by atoms with Crippen LogP contribution in [0.1, 0.15) is 16.7 Å². The quantitative estimate of drug-likeness (QED) is 0.774. The normalized spacial score (nSPS) is 10.9. The van der Waals surface area contributed by atoms with Gasteiger partial charge in [-0.05, 0) is 35.4 Å². The van der Waals surface area contributed by atoms with Gasteiger partial charge >= 0.3 is 6.61 Å². The zero-order valence-corrected chi connectivity index (χ0v) is 13.1. The lowest BCUT2D eigenvalue weighted by molar-refractivity contribution is -0.0512. The maximum atomic E-state index is 13.3. The summed E-state index contributed by atoms with van der Waals surface area (Å²) < 4.78 is 47.3. The number of benzene rings is 2. The Hall–Kier alpha value is -2.25. The third kappa shape index (κ3) is 4.87. The number of aliphatic hydroxyl groups excluding tert-OH is 1. The summed E-state index contributed by atoms with van der Waals surface area (Å²) in [6.45, 7) is -2.35. The Balaban J connectivity index is 1.97. The highest BCUT2D eigenvalue weighted by atomic mass is 19.3. The minimum atomic E-state index is -2.91. The van der Waals surface area contributed by atoms with Gasteiger partial charge in [-0.25, -0.2) is 4.39 Å². The molecule has 0 aliphatic carbocycles. The smallest absolute Gasteiger partial charge is 0.387 e.